The maximum atomic E-state index is 10.4. The van der Waals surface area contributed by atoms with E-state index in [9.17, 15) is 5.11 Å². The standard InChI is InChI=1S/C18H18ClN5O2S/c1-2-3-4-5-6-13-21-15(19)14-17(22-13)24(18-11(25)7-8-26-18)16(23-14)12-9-20-10-27-12/h9-11,18,25H,2-4,7-8H2,1H3/t11-,18-/m1/s1. The second-order valence-electron chi connectivity index (χ2n) is 6.20. The number of aliphatic hydroxyl groups is 1. The largest absolute Gasteiger partial charge is 0.388 e. The Morgan fingerprint density at radius 2 is 2.30 bits per heavy atom. The van der Waals surface area contributed by atoms with Crippen molar-refractivity contribution >= 4 is 34.1 Å². The predicted molar refractivity (Wildman–Crippen MR) is 103 cm³/mol. The zero-order valence-electron chi connectivity index (χ0n) is 14.7. The van der Waals surface area contributed by atoms with E-state index >= 15 is 0 Å². The second kappa shape index (κ2) is 7.90. The minimum atomic E-state index is -0.651. The summed E-state index contributed by atoms with van der Waals surface area (Å²) in [5.41, 5.74) is 2.69. The van der Waals surface area contributed by atoms with Crippen LogP contribution in [-0.2, 0) is 4.74 Å². The predicted octanol–water partition coefficient (Wildman–Crippen LogP) is 3.42. The Labute approximate surface area is 165 Å². The molecule has 7 nitrogen and oxygen atoms in total. The Morgan fingerprint density at radius 1 is 1.41 bits per heavy atom. The quantitative estimate of drug-likeness (QED) is 0.408. The molecule has 1 N–H and O–H groups in total. The molecule has 0 spiro atoms. The van der Waals surface area contributed by atoms with Gasteiger partial charge in [0.05, 0.1) is 17.0 Å². The number of rotatable bonds is 4. The summed E-state index contributed by atoms with van der Waals surface area (Å²) >= 11 is 7.83. The number of nitrogens with zero attached hydrogens (tertiary/aromatic N) is 5. The monoisotopic (exact) mass is 403 g/mol. The van der Waals surface area contributed by atoms with Gasteiger partial charge in [0, 0.05) is 19.0 Å². The topological polar surface area (TPSA) is 86.0 Å². The van der Waals surface area contributed by atoms with Crippen LogP contribution in [-0.4, -0.2) is 42.3 Å². The van der Waals surface area contributed by atoms with E-state index in [0.717, 1.165) is 24.1 Å². The van der Waals surface area contributed by atoms with Crippen molar-refractivity contribution in [2.75, 3.05) is 6.61 Å². The lowest BCUT2D eigenvalue weighted by Crippen LogP contribution is -2.20. The van der Waals surface area contributed by atoms with Gasteiger partial charge in [-0.15, -0.1) is 11.3 Å². The zero-order chi connectivity index (χ0) is 18.8. The molecule has 4 heterocycles. The van der Waals surface area contributed by atoms with E-state index in [1.165, 1.54) is 11.3 Å². The van der Waals surface area contributed by atoms with Gasteiger partial charge in [-0.05, 0) is 12.3 Å². The number of thiazole rings is 1. The molecule has 0 bridgehead atoms. The fraction of sp³-hybridized carbons (Fsp3) is 0.444. The van der Waals surface area contributed by atoms with Crippen LogP contribution in [0.1, 0.15) is 44.7 Å². The molecule has 0 radical (unpaired) electrons. The van der Waals surface area contributed by atoms with Crippen LogP contribution in [0.15, 0.2) is 11.7 Å². The lowest BCUT2D eigenvalue weighted by atomic mass is 10.2. The van der Waals surface area contributed by atoms with Gasteiger partial charge in [-0.25, -0.2) is 15.0 Å². The summed E-state index contributed by atoms with van der Waals surface area (Å²) in [5.74, 6) is 6.99. The summed E-state index contributed by atoms with van der Waals surface area (Å²) < 4.78 is 7.55. The van der Waals surface area contributed by atoms with Crippen LogP contribution < -0.4 is 0 Å². The number of hydrogen-bond donors (Lipinski definition) is 1. The fourth-order valence-electron chi connectivity index (χ4n) is 2.95. The van der Waals surface area contributed by atoms with Crippen LogP contribution in [0.25, 0.3) is 21.9 Å². The molecule has 1 aliphatic heterocycles. The normalized spacial score (nSPS) is 19.4. The molecule has 1 saturated heterocycles. The van der Waals surface area contributed by atoms with Crippen molar-refractivity contribution in [3.63, 3.8) is 0 Å². The zero-order valence-corrected chi connectivity index (χ0v) is 16.3. The minimum Gasteiger partial charge on any atom is -0.388 e. The van der Waals surface area contributed by atoms with Crippen LogP contribution in [0, 0.1) is 11.8 Å². The summed E-state index contributed by atoms with van der Waals surface area (Å²) in [4.78, 5) is 18.4. The molecule has 0 unspecified atom stereocenters. The number of aliphatic hydroxyl groups excluding tert-OH is 1. The Kier molecular flexibility index (Phi) is 5.36. The molecule has 0 amide bonds. The summed E-state index contributed by atoms with van der Waals surface area (Å²) in [5, 5.41) is 10.6. The number of imidazole rings is 1. The maximum absolute atomic E-state index is 10.4. The highest BCUT2D eigenvalue weighted by molar-refractivity contribution is 7.13. The van der Waals surface area contributed by atoms with E-state index in [4.69, 9.17) is 16.3 Å². The van der Waals surface area contributed by atoms with Crippen molar-refractivity contribution in [1.29, 1.82) is 0 Å². The Bertz CT molecular complexity index is 1010. The first kappa shape index (κ1) is 18.3. The molecule has 0 aliphatic carbocycles. The molecule has 1 fully saturated rings. The average molecular weight is 404 g/mol. The van der Waals surface area contributed by atoms with Gasteiger partial charge in [0.15, 0.2) is 22.9 Å². The minimum absolute atomic E-state index is 0.233. The summed E-state index contributed by atoms with van der Waals surface area (Å²) in [6.45, 7) is 2.59. The van der Waals surface area contributed by atoms with Crippen molar-refractivity contribution in [2.45, 2.75) is 44.9 Å². The molecule has 2 atom stereocenters. The van der Waals surface area contributed by atoms with Crippen molar-refractivity contribution < 1.29 is 9.84 Å². The van der Waals surface area contributed by atoms with E-state index in [0.29, 0.717) is 35.8 Å². The van der Waals surface area contributed by atoms with E-state index in [1.807, 2.05) is 0 Å². The number of ether oxygens (including phenoxy) is 1. The van der Waals surface area contributed by atoms with E-state index < -0.39 is 12.3 Å². The van der Waals surface area contributed by atoms with Crippen LogP contribution in [0.2, 0.25) is 5.15 Å². The second-order valence-corrected chi connectivity index (χ2v) is 7.45. The SMILES string of the molecule is CCCCC#Cc1nc(Cl)c2nc(-c3cncs3)n([C@@H]3OCC[C@H]3O)c2n1. The first-order chi connectivity index (χ1) is 13.2. The number of halogens is 1. The van der Waals surface area contributed by atoms with E-state index in [-0.39, 0.29) is 5.15 Å². The lowest BCUT2D eigenvalue weighted by Gasteiger charge is -2.18. The van der Waals surface area contributed by atoms with Crippen LogP contribution >= 0.6 is 22.9 Å². The molecular weight excluding hydrogens is 386 g/mol. The summed E-state index contributed by atoms with van der Waals surface area (Å²) in [7, 11) is 0. The first-order valence-electron chi connectivity index (χ1n) is 8.82. The molecule has 1 aliphatic rings. The van der Waals surface area contributed by atoms with E-state index in [2.05, 4.69) is 38.7 Å². The third-order valence-electron chi connectivity index (χ3n) is 4.29. The molecule has 4 rings (SSSR count). The Balaban J connectivity index is 1.87. The Hall–Kier alpha value is -2.05. The van der Waals surface area contributed by atoms with Crippen molar-refractivity contribution in [3.05, 3.63) is 22.7 Å². The molecule has 9 heteroatoms. The number of aromatic nitrogens is 5. The van der Waals surface area contributed by atoms with Gasteiger partial charge < -0.3 is 9.84 Å². The van der Waals surface area contributed by atoms with Gasteiger partial charge in [-0.3, -0.25) is 9.55 Å². The smallest absolute Gasteiger partial charge is 0.208 e. The number of fused-ring (bicyclic) bond motifs is 1. The van der Waals surface area contributed by atoms with Gasteiger partial charge in [-0.1, -0.05) is 30.9 Å². The molecule has 27 heavy (non-hydrogen) atoms. The number of hydrogen-bond acceptors (Lipinski definition) is 7. The average Bonchev–Trinajstić information content (AvgIpc) is 3.38. The summed E-state index contributed by atoms with van der Waals surface area (Å²) in [6.07, 6.45) is 3.92. The van der Waals surface area contributed by atoms with Gasteiger partial charge in [-0.2, -0.15) is 0 Å². The Morgan fingerprint density at radius 3 is 3.00 bits per heavy atom. The first-order valence-corrected chi connectivity index (χ1v) is 10.1. The molecule has 0 saturated carbocycles. The third-order valence-corrected chi connectivity index (χ3v) is 5.32. The number of unbranched alkanes of at least 4 members (excludes halogenated alkanes) is 2. The third kappa shape index (κ3) is 3.56. The molecule has 3 aromatic rings. The van der Waals surface area contributed by atoms with E-state index in [1.54, 1.807) is 16.3 Å². The van der Waals surface area contributed by atoms with Crippen LogP contribution in [0.5, 0.6) is 0 Å². The lowest BCUT2D eigenvalue weighted by molar-refractivity contribution is -0.00513. The fourth-order valence-corrected chi connectivity index (χ4v) is 3.77. The molecule has 140 valence electrons. The highest BCUT2D eigenvalue weighted by atomic mass is 35.5. The molecular formula is C18H18ClN5O2S. The highest BCUT2D eigenvalue weighted by Crippen LogP contribution is 2.35. The molecule has 0 aromatic carbocycles. The van der Waals surface area contributed by atoms with Crippen LogP contribution in [0.4, 0.5) is 0 Å². The highest BCUT2D eigenvalue weighted by Gasteiger charge is 2.33. The van der Waals surface area contributed by atoms with Gasteiger partial charge in [0.25, 0.3) is 0 Å². The summed E-state index contributed by atoms with van der Waals surface area (Å²) in [6, 6.07) is 0. The van der Waals surface area contributed by atoms with Crippen molar-refractivity contribution in [2.24, 2.45) is 0 Å². The maximum Gasteiger partial charge on any atom is 0.208 e. The van der Waals surface area contributed by atoms with Crippen molar-refractivity contribution in [3.8, 4) is 22.5 Å². The van der Waals surface area contributed by atoms with Crippen molar-refractivity contribution in [1.82, 2.24) is 24.5 Å². The van der Waals surface area contributed by atoms with Gasteiger partial charge in [0.2, 0.25) is 5.82 Å². The molecule has 3 aromatic heterocycles. The van der Waals surface area contributed by atoms with Gasteiger partial charge >= 0.3 is 0 Å². The van der Waals surface area contributed by atoms with Crippen LogP contribution in [0.3, 0.4) is 0 Å². The van der Waals surface area contributed by atoms with Gasteiger partial charge in [0.1, 0.15) is 11.6 Å².